The standard InChI is InChI=1S/C17H17NO4/c1-2-3-10-4-5-14(22-10)12-7-17(19)18-13-8-16-15(6-11(12)13)20-9-21-16/h4-6,8,12H,2-3,7,9H2,1H3,(H,18,19). The van der Waals surface area contributed by atoms with Crippen LogP contribution in [-0.4, -0.2) is 12.7 Å². The predicted molar refractivity (Wildman–Crippen MR) is 80.4 cm³/mol. The van der Waals surface area contributed by atoms with E-state index in [1.54, 1.807) is 0 Å². The minimum atomic E-state index is -0.0798. The van der Waals surface area contributed by atoms with Gasteiger partial charge in [0.25, 0.3) is 0 Å². The lowest BCUT2D eigenvalue weighted by atomic mass is 9.88. The molecule has 0 saturated carbocycles. The van der Waals surface area contributed by atoms with Crippen LogP contribution in [0, 0.1) is 0 Å². The second kappa shape index (κ2) is 5.09. The first-order valence-electron chi connectivity index (χ1n) is 7.56. The molecule has 2 aliphatic heterocycles. The Morgan fingerprint density at radius 3 is 2.86 bits per heavy atom. The third kappa shape index (κ3) is 2.13. The first kappa shape index (κ1) is 13.2. The lowest BCUT2D eigenvalue weighted by Crippen LogP contribution is -2.23. The molecule has 0 saturated heterocycles. The fraction of sp³-hybridized carbons (Fsp3) is 0.353. The number of carbonyl (C=O) groups excluding carboxylic acids is 1. The Bertz CT molecular complexity index is 734. The Balaban J connectivity index is 1.76. The van der Waals surface area contributed by atoms with Crippen molar-refractivity contribution in [3.63, 3.8) is 0 Å². The van der Waals surface area contributed by atoms with E-state index in [4.69, 9.17) is 13.9 Å². The summed E-state index contributed by atoms with van der Waals surface area (Å²) in [6, 6.07) is 7.75. The fourth-order valence-electron chi connectivity index (χ4n) is 3.07. The van der Waals surface area contributed by atoms with Crippen LogP contribution in [-0.2, 0) is 11.2 Å². The van der Waals surface area contributed by atoms with E-state index >= 15 is 0 Å². The number of hydrogen-bond donors (Lipinski definition) is 1. The molecular weight excluding hydrogens is 282 g/mol. The molecule has 1 N–H and O–H groups in total. The van der Waals surface area contributed by atoms with Crippen LogP contribution in [0.4, 0.5) is 5.69 Å². The lowest BCUT2D eigenvalue weighted by Gasteiger charge is -2.24. The second-order valence-electron chi connectivity index (χ2n) is 5.65. The van der Waals surface area contributed by atoms with Crippen molar-refractivity contribution in [3.05, 3.63) is 41.3 Å². The number of aryl methyl sites for hydroxylation is 1. The maximum absolute atomic E-state index is 12.0. The molecule has 1 aromatic heterocycles. The Hall–Kier alpha value is -2.43. The third-order valence-corrected chi connectivity index (χ3v) is 4.11. The van der Waals surface area contributed by atoms with Gasteiger partial charge in [0.1, 0.15) is 11.5 Å². The number of benzene rings is 1. The first-order chi connectivity index (χ1) is 10.7. The highest BCUT2D eigenvalue weighted by Gasteiger charge is 2.31. The minimum absolute atomic E-state index is 0.00944. The summed E-state index contributed by atoms with van der Waals surface area (Å²) in [7, 11) is 0. The topological polar surface area (TPSA) is 60.7 Å². The number of anilines is 1. The van der Waals surface area contributed by atoms with Gasteiger partial charge in [0.2, 0.25) is 12.7 Å². The largest absolute Gasteiger partial charge is 0.465 e. The van der Waals surface area contributed by atoms with Crippen LogP contribution in [0.2, 0.25) is 0 Å². The quantitative estimate of drug-likeness (QED) is 0.943. The summed E-state index contributed by atoms with van der Waals surface area (Å²) in [4.78, 5) is 12.0. The van der Waals surface area contributed by atoms with Gasteiger partial charge in [-0.25, -0.2) is 0 Å². The lowest BCUT2D eigenvalue weighted by molar-refractivity contribution is -0.116. The maximum atomic E-state index is 12.0. The number of amides is 1. The summed E-state index contributed by atoms with van der Waals surface area (Å²) < 4.78 is 16.8. The third-order valence-electron chi connectivity index (χ3n) is 4.11. The molecule has 0 bridgehead atoms. The number of fused-ring (bicyclic) bond motifs is 2. The number of rotatable bonds is 3. The molecule has 5 heteroatoms. The number of furan rings is 1. The number of carbonyl (C=O) groups is 1. The van der Waals surface area contributed by atoms with Gasteiger partial charge in [0, 0.05) is 24.6 Å². The smallest absolute Gasteiger partial charge is 0.231 e. The molecule has 114 valence electrons. The number of hydrogen-bond acceptors (Lipinski definition) is 4. The average molecular weight is 299 g/mol. The monoisotopic (exact) mass is 299 g/mol. The van der Waals surface area contributed by atoms with Gasteiger partial charge >= 0.3 is 0 Å². The predicted octanol–water partition coefficient (Wildman–Crippen LogP) is 3.43. The Morgan fingerprint density at radius 2 is 2.05 bits per heavy atom. The highest BCUT2D eigenvalue weighted by molar-refractivity contribution is 5.95. The van der Waals surface area contributed by atoms with Crippen molar-refractivity contribution >= 4 is 11.6 Å². The SMILES string of the molecule is CCCc1ccc(C2CC(=O)Nc3cc4c(cc32)OCO4)o1. The van der Waals surface area contributed by atoms with Crippen molar-refractivity contribution in [2.75, 3.05) is 12.1 Å². The molecule has 1 atom stereocenters. The van der Waals surface area contributed by atoms with Crippen molar-refractivity contribution in [1.82, 2.24) is 0 Å². The van der Waals surface area contributed by atoms with E-state index in [2.05, 4.69) is 12.2 Å². The molecule has 1 amide bonds. The van der Waals surface area contributed by atoms with Crippen LogP contribution in [0.5, 0.6) is 11.5 Å². The van der Waals surface area contributed by atoms with Gasteiger partial charge in [0.05, 0.1) is 5.92 Å². The Morgan fingerprint density at radius 1 is 1.23 bits per heavy atom. The molecule has 0 fully saturated rings. The van der Waals surface area contributed by atoms with Crippen LogP contribution in [0.1, 0.15) is 42.8 Å². The number of ether oxygens (including phenoxy) is 2. The molecule has 0 aliphatic carbocycles. The molecule has 0 radical (unpaired) electrons. The van der Waals surface area contributed by atoms with Crippen molar-refractivity contribution < 1.29 is 18.7 Å². The Labute approximate surface area is 128 Å². The zero-order valence-corrected chi connectivity index (χ0v) is 12.3. The number of nitrogens with one attached hydrogen (secondary N) is 1. The van der Waals surface area contributed by atoms with E-state index < -0.39 is 0 Å². The molecule has 2 aromatic rings. The summed E-state index contributed by atoms with van der Waals surface area (Å²) in [5, 5.41) is 2.91. The molecule has 1 aromatic carbocycles. The summed E-state index contributed by atoms with van der Waals surface area (Å²) in [5.41, 5.74) is 1.79. The highest BCUT2D eigenvalue weighted by Crippen LogP contribution is 2.44. The Kier molecular flexibility index (Phi) is 3.06. The van der Waals surface area contributed by atoms with Crippen molar-refractivity contribution in [2.45, 2.75) is 32.1 Å². The maximum Gasteiger partial charge on any atom is 0.231 e. The van der Waals surface area contributed by atoms with Crippen LogP contribution < -0.4 is 14.8 Å². The molecule has 2 aliphatic rings. The second-order valence-corrected chi connectivity index (χ2v) is 5.65. The zero-order chi connectivity index (χ0) is 15.1. The van der Waals surface area contributed by atoms with E-state index in [1.165, 1.54) is 0 Å². The molecule has 3 heterocycles. The molecule has 22 heavy (non-hydrogen) atoms. The van der Waals surface area contributed by atoms with Crippen molar-refractivity contribution in [3.8, 4) is 11.5 Å². The molecular formula is C17H17NO4. The van der Waals surface area contributed by atoms with E-state index in [9.17, 15) is 4.79 Å². The van der Waals surface area contributed by atoms with Gasteiger partial charge in [-0.3, -0.25) is 4.79 Å². The summed E-state index contributed by atoms with van der Waals surface area (Å²) in [6.45, 7) is 2.34. The minimum Gasteiger partial charge on any atom is -0.465 e. The average Bonchev–Trinajstić information content (AvgIpc) is 3.13. The van der Waals surface area contributed by atoms with Crippen LogP contribution in [0.25, 0.3) is 0 Å². The van der Waals surface area contributed by atoms with Gasteiger partial charge in [-0.05, 0) is 30.2 Å². The highest BCUT2D eigenvalue weighted by atomic mass is 16.7. The van der Waals surface area contributed by atoms with E-state index in [0.717, 1.165) is 41.4 Å². The van der Waals surface area contributed by atoms with E-state index in [1.807, 2.05) is 24.3 Å². The van der Waals surface area contributed by atoms with Gasteiger partial charge < -0.3 is 19.2 Å². The van der Waals surface area contributed by atoms with E-state index in [0.29, 0.717) is 12.2 Å². The fourth-order valence-corrected chi connectivity index (χ4v) is 3.07. The molecule has 1 unspecified atom stereocenters. The van der Waals surface area contributed by atoms with Crippen molar-refractivity contribution in [1.29, 1.82) is 0 Å². The summed E-state index contributed by atoms with van der Waals surface area (Å²) in [6.07, 6.45) is 2.33. The first-order valence-corrected chi connectivity index (χ1v) is 7.56. The van der Waals surface area contributed by atoms with Gasteiger partial charge in [0.15, 0.2) is 11.5 Å². The van der Waals surface area contributed by atoms with Crippen LogP contribution in [0.3, 0.4) is 0 Å². The zero-order valence-electron chi connectivity index (χ0n) is 12.3. The molecule has 0 spiro atoms. The van der Waals surface area contributed by atoms with Crippen LogP contribution in [0.15, 0.2) is 28.7 Å². The normalized spacial score (nSPS) is 19.0. The summed E-state index contributed by atoms with van der Waals surface area (Å²) >= 11 is 0. The van der Waals surface area contributed by atoms with Crippen molar-refractivity contribution in [2.24, 2.45) is 0 Å². The van der Waals surface area contributed by atoms with E-state index in [-0.39, 0.29) is 18.6 Å². The molecule has 5 nitrogen and oxygen atoms in total. The van der Waals surface area contributed by atoms with Gasteiger partial charge in [-0.1, -0.05) is 6.92 Å². The van der Waals surface area contributed by atoms with Crippen LogP contribution >= 0.6 is 0 Å². The van der Waals surface area contributed by atoms with Gasteiger partial charge in [-0.15, -0.1) is 0 Å². The molecule has 4 rings (SSSR count). The van der Waals surface area contributed by atoms with Gasteiger partial charge in [-0.2, -0.15) is 0 Å². The summed E-state index contributed by atoms with van der Waals surface area (Å²) in [5.74, 6) is 3.10.